The molecule has 0 aromatic heterocycles. The van der Waals surface area contributed by atoms with Crippen molar-refractivity contribution in [3.8, 4) is 0 Å². The number of nitrogens with zero attached hydrogens (tertiary/aromatic N) is 1. The standard InChI is InChI=1S/C14H19ClN2O/c15-12-7-5-11(6-8-12)3-1-9-17-10-2-4-13(17)14(16)18/h5-8,13H,1-4,9-10H2,(H2,16,18)/t13-/m0/s1. The molecule has 2 rings (SSSR count). The average Bonchev–Trinajstić information content (AvgIpc) is 2.80. The number of carbonyl (C=O) groups is 1. The van der Waals surface area contributed by atoms with E-state index in [9.17, 15) is 4.79 Å². The van der Waals surface area contributed by atoms with Crippen LogP contribution in [0.25, 0.3) is 0 Å². The van der Waals surface area contributed by atoms with Crippen LogP contribution in [0.3, 0.4) is 0 Å². The zero-order valence-corrected chi connectivity index (χ0v) is 11.2. The van der Waals surface area contributed by atoms with Gasteiger partial charge in [-0.2, -0.15) is 0 Å². The van der Waals surface area contributed by atoms with Gasteiger partial charge in [0.1, 0.15) is 0 Å². The summed E-state index contributed by atoms with van der Waals surface area (Å²) >= 11 is 5.84. The van der Waals surface area contributed by atoms with Gasteiger partial charge in [0.15, 0.2) is 0 Å². The molecule has 0 saturated carbocycles. The molecule has 1 aromatic carbocycles. The molecule has 0 radical (unpaired) electrons. The summed E-state index contributed by atoms with van der Waals surface area (Å²) in [6.07, 6.45) is 4.05. The van der Waals surface area contributed by atoms with Crippen molar-refractivity contribution in [2.45, 2.75) is 31.7 Å². The normalized spacial score (nSPS) is 20.2. The number of hydrogen-bond donors (Lipinski definition) is 1. The van der Waals surface area contributed by atoms with Crippen LogP contribution in [0.1, 0.15) is 24.8 Å². The molecule has 0 spiro atoms. The van der Waals surface area contributed by atoms with Crippen molar-refractivity contribution in [3.63, 3.8) is 0 Å². The van der Waals surface area contributed by atoms with E-state index in [0.29, 0.717) is 0 Å². The lowest BCUT2D eigenvalue weighted by Gasteiger charge is -2.21. The largest absolute Gasteiger partial charge is 0.368 e. The monoisotopic (exact) mass is 266 g/mol. The van der Waals surface area contributed by atoms with E-state index in [0.717, 1.165) is 43.8 Å². The number of carbonyl (C=O) groups excluding carboxylic acids is 1. The first-order valence-electron chi connectivity index (χ1n) is 6.44. The number of hydrogen-bond acceptors (Lipinski definition) is 2. The molecule has 1 saturated heterocycles. The van der Waals surface area contributed by atoms with Crippen LogP contribution < -0.4 is 5.73 Å². The number of amides is 1. The Morgan fingerprint density at radius 2 is 2.11 bits per heavy atom. The molecule has 3 nitrogen and oxygen atoms in total. The van der Waals surface area contributed by atoms with Gasteiger partial charge in [0.05, 0.1) is 6.04 Å². The smallest absolute Gasteiger partial charge is 0.234 e. The van der Waals surface area contributed by atoms with E-state index in [1.807, 2.05) is 12.1 Å². The zero-order valence-electron chi connectivity index (χ0n) is 10.4. The van der Waals surface area contributed by atoms with Crippen LogP contribution in [0.5, 0.6) is 0 Å². The second-order valence-electron chi connectivity index (χ2n) is 4.83. The van der Waals surface area contributed by atoms with E-state index >= 15 is 0 Å². The van der Waals surface area contributed by atoms with E-state index in [-0.39, 0.29) is 11.9 Å². The first-order valence-corrected chi connectivity index (χ1v) is 6.82. The first kappa shape index (κ1) is 13.4. The number of halogens is 1. The van der Waals surface area contributed by atoms with Crippen molar-refractivity contribution in [2.24, 2.45) is 5.73 Å². The van der Waals surface area contributed by atoms with Gasteiger partial charge in [0.2, 0.25) is 5.91 Å². The van der Waals surface area contributed by atoms with Crippen LogP contribution in [0.2, 0.25) is 5.02 Å². The molecule has 1 amide bonds. The molecule has 0 unspecified atom stereocenters. The molecule has 1 aliphatic rings. The Morgan fingerprint density at radius 3 is 2.78 bits per heavy atom. The van der Waals surface area contributed by atoms with Crippen molar-refractivity contribution in [2.75, 3.05) is 13.1 Å². The number of benzene rings is 1. The van der Waals surface area contributed by atoms with Gasteiger partial charge in [0, 0.05) is 5.02 Å². The minimum Gasteiger partial charge on any atom is -0.368 e. The van der Waals surface area contributed by atoms with Crippen LogP contribution in [-0.4, -0.2) is 29.9 Å². The molecular weight excluding hydrogens is 248 g/mol. The minimum absolute atomic E-state index is 0.0461. The lowest BCUT2D eigenvalue weighted by molar-refractivity contribution is -0.122. The summed E-state index contributed by atoms with van der Waals surface area (Å²) in [5.41, 5.74) is 6.68. The summed E-state index contributed by atoms with van der Waals surface area (Å²) in [6.45, 7) is 1.93. The Kier molecular flexibility index (Phi) is 4.61. The van der Waals surface area contributed by atoms with Gasteiger partial charge < -0.3 is 5.73 Å². The number of primary amides is 1. The highest BCUT2D eigenvalue weighted by Crippen LogP contribution is 2.18. The Labute approximate surface area is 113 Å². The highest BCUT2D eigenvalue weighted by Gasteiger charge is 2.27. The molecule has 1 aromatic rings. The molecule has 2 N–H and O–H groups in total. The molecular formula is C14H19ClN2O. The quantitative estimate of drug-likeness (QED) is 0.888. The summed E-state index contributed by atoms with van der Waals surface area (Å²) in [6, 6.07) is 7.89. The Morgan fingerprint density at radius 1 is 1.39 bits per heavy atom. The second-order valence-corrected chi connectivity index (χ2v) is 5.26. The molecule has 0 bridgehead atoms. The van der Waals surface area contributed by atoms with Crippen LogP contribution in [0.4, 0.5) is 0 Å². The van der Waals surface area contributed by atoms with Crippen molar-refractivity contribution in [1.82, 2.24) is 4.90 Å². The van der Waals surface area contributed by atoms with E-state index in [4.69, 9.17) is 17.3 Å². The minimum atomic E-state index is -0.181. The fourth-order valence-electron chi connectivity index (χ4n) is 2.55. The summed E-state index contributed by atoms with van der Waals surface area (Å²) in [5, 5.41) is 0.770. The van der Waals surface area contributed by atoms with Gasteiger partial charge in [0.25, 0.3) is 0 Å². The summed E-state index contributed by atoms with van der Waals surface area (Å²) < 4.78 is 0. The third kappa shape index (κ3) is 3.47. The van der Waals surface area contributed by atoms with Crippen molar-refractivity contribution >= 4 is 17.5 Å². The summed E-state index contributed by atoms with van der Waals surface area (Å²) in [7, 11) is 0. The summed E-state index contributed by atoms with van der Waals surface area (Å²) in [5.74, 6) is -0.181. The topological polar surface area (TPSA) is 46.3 Å². The number of nitrogens with two attached hydrogens (primary N) is 1. The van der Waals surface area contributed by atoms with E-state index in [2.05, 4.69) is 17.0 Å². The molecule has 98 valence electrons. The fourth-order valence-corrected chi connectivity index (χ4v) is 2.68. The van der Waals surface area contributed by atoms with Gasteiger partial charge in [-0.25, -0.2) is 0 Å². The van der Waals surface area contributed by atoms with Gasteiger partial charge in [-0.3, -0.25) is 9.69 Å². The maximum absolute atomic E-state index is 11.2. The summed E-state index contributed by atoms with van der Waals surface area (Å²) in [4.78, 5) is 13.5. The third-order valence-corrected chi connectivity index (χ3v) is 3.77. The molecule has 4 heteroatoms. The Bertz CT molecular complexity index is 405. The third-order valence-electron chi connectivity index (χ3n) is 3.52. The lowest BCUT2D eigenvalue weighted by atomic mass is 10.1. The van der Waals surface area contributed by atoms with Gasteiger partial charge >= 0.3 is 0 Å². The van der Waals surface area contributed by atoms with E-state index in [1.54, 1.807) is 0 Å². The first-order chi connectivity index (χ1) is 8.66. The predicted octanol–water partition coefficient (Wildman–Crippen LogP) is 2.22. The van der Waals surface area contributed by atoms with E-state index in [1.165, 1.54) is 5.56 Å². The van der Waals surface area contributed by atoms with Gasteiger partial charge in [-0.15, -0.1) is 0 Å². The van der Waals surface area contributed by atoms with Crippen LogP contribution >= 0.6 is 11.6 Å². The Hall–Kier alpha value is -1.06. The van der Waals surface area contributed by atoms with Crippen LogP contribution in [0.15, 0.2) is 24.3 Å². The van der Waals surface area contributed by atoms with Gasteiger partial charge in [-0.1, -0.05) is 23.7 Å². The number of rotatable bonds is 5. The molecule has 1 atom stereocenters. The molecule has 18 heavy (non-hydrogen) atoms. The maximum atomic E-state index is 11.2. The fraction of sp³-hybridized carbons (Fsp3) is 0.500. The molecule has 0 aliphatic carbocycles. The van der Waals surface area contributed by atoms with Crippen molar-refractivity contribution in [3.05, 3.63) is 34.9 Å². The van der Waals surface area contributed by atoms with E-state index < -0.39 is 0 Å². The van der Waals surface area contributed by atoms with Crippen molar-refractivity contribution < 1.29 is 4.79 Å². The molecule has 1 heterocycles. The predicted molar refractivity (Wildman–Crippen MR) is 73.6 cm³/mol. The SMILES string of the molecule is NC(=O)[C@@H]1CCCN1CCCc1ccc(Cl)cc1. The van der Waals surface area contributed by atoms with Gasteiger partial charge in [-0.05, 0) is 56.5 Å². The second kappa shape index (κ2) is 6.21. The van der Waals surface area contributed by atoms with Crippen LogP contribution in [0, 0.1) is 0 Å². The zero-order chi connectivity index (χ0) is 13.0. The Balaban J connectivity index is 1.78. The lowest BCUT2D eigenvalue weighted by Crippen LogP contribution is -2.40. The van der Waals surface area contributed by atoms with Crippen LogP contribution in [-0.2, 0) is 11.2 Å². The van der Waals surface area contributed by atoms with Crippen molar-refractivity contribution in [1.29, 1.82) is 0 Å². The number of aryl methyl sites for hydroxylation is 1. The maximum Gasteiger partial charge on any atom is 0.234 e. The average molecular weight is 267 g/mol. The highest BCUT2D eigenvalue weighted by atomic mass is 35.5. The molecule has 1 fully saturated rings. The highest BCUT2D eigenvalue weighted by molar-refractivity contribution is 6.30. The molecule has 1 aliphatic heterocycles. The number of likely N-dealkylation sites (tertiary alicyclic amines) is 1.